The van der Waals surface area contributed by atoms with Gasteiger partial charge in [-0.3, -0.25) is 4.68 Å². The van der Waals surface area contributed by atoms with Gasteiger partial charge in [0.05, 0.1) is 11.4 Å². The van der Waals surface area contributed by atoms with Gasteiger partial charge in [0.25, 0.3) is 0 Å². The highest BCUT2D eigenvalue weighted by molar-refractivity contribution is 5.46. The van der Waals surface area contributed by atoms with Gasteiger partial charge in [0, 0.05) is 19.8 Å². The van der Waals surface area contributed by atoms with Gasteiger partial charge in [-0.2, -0.15) is 5.10 Å². The molecule has 4 nitrogen and oxygen atoms in total. The number of hydrogen-bond donors (Lipinski definition) is 1. The van der Waals surface area contributed by atoms with Crippen LogP contribution in [-0.2, 0) is 13.6 Å². The van der Waals surface area contributed by atoms with Gasteiger partial charge < -0.3 is 10.1 Å². The first-order valence-electron chi connectivity index (χ1n) is 5.92. The molecule has 7 heteroatoms. The maximum Gasteiger partial charge on any atom is 0.573 e. The van der Waals surface area contributed by atoms with Crippen LogP contribution in [0.5, 0.6) is 5.75 Å². The molecule has 0 aliphatic rings. The van der Waals surface area contributed by atoms with Crippen molar-refractivity contribution in [1.29, 1.82) is 0 Å². The molecule has 0 spiro atoms. The van der Waals surface area contributed by atoms with Gasteiger partial charge in [-0.1, -0.05) is 12.1 Å². The van der Waals surface area contributed by atoms with E-state index in [0.29, 0.717) is 6.54 Å². The molecule has 1 heterocycles. The van der Waals surface area contributed by atoms with Crippen molar-refractivity contribution in [3.63, 3.8) is 0 Å². The summed E-state index contributed by atoms with van der Waals surface area (Å²) in [6, 6.07) is 5.75. The van der Waals surface area contributed by atoms with Gasteiger partial charge in [0.1, 0.15) is 5.75 Å². The van der Waals surface area contributed by atoms with Crippen LogP contribution in [0, 0.1) is 6.92 Å². The molecule has 2 aromatic rings. The molecule has 0 aliphatic heterocycles. The molecule has 0 saturated heterocycles. The van der Waals surface area contributed by atoms with Crippen LogP contribution >= 0.6 is 0 Å². The first-order chi connectivity index (χ1) is 9.33. The third kappa shape index (κ3) is 3.91. The number of rotatable bonds is 4. The molecule has 1 N–H and O–H groups in total. The average Bonchev–Trinajstić information content (AvgIpc) is 2.65. The summed E-state index contributed by atoms with van der Waals surface area (Å²) >= 11 is 0. The van der Waals surface area contributed by atoms with Crippen LogP contribution in [0.3, 0.4) is 0 Å². The molecule has 108 valence electrons. The molecular formula is C13H14F3N3O. The molecule has 0 aliphatic carbocycles. The summed E-state index contributed by atoms with van der Waals surface area (Å²) < 4.78 is 41.5. The topological polar surface area (TPSA) is 39.1 Å². The number of halogens is 3. The van der Waals surface area contributed by atoms with Gasteiger partial charge in [-0.25, -0.2) is 0 Å². The Morgan fingerprint density at radius 3 is 2.40 bits per heavy atom. The Hall–Kier alpha value is -2.18. The fourth-order valence-electron chi connectivity index (χ4n) is 1.78. The van der Waals surface area contributed by atoms with Crippen molar-refractivity contribution in [2.24, 2.45) is 7.05 Å². The van der Waals surface area contributed by atoms with Crippen LogP contribution in [0.15, 0.2) is 30.5 Å². The number of hydrogen-bond acceptors (Lipinski definition) is 3. The van der Waals surface area contributed by atoms with E-state index in [0.717, 1.165) is 16.9 Å². The largest absolute Gasteiger partial charge is 0.573 e. The Balaban J connectivity index is 1.96. The molecule has 1 aromatic heterocycles. The summed E-state index contributed by atoms with van der Waals surface area (Å²) in [6.45, 7) is 2.38. The third-order valence-electron chi connectivity index (χ3n) is 2.65. The van der Waals surface area contributed by atoms with Crippen LogP contribution in [0.4, 0.5) is 18.9 Å². The van der Waals surface area contributed by atoms with Crippen LogP contribution in [0.1, 0.15) is 11.3 Å². The lowest BCUT2D eigenvalue weighted by molar-refractivity contribution is -0.274. The number of benzene rings is 1. The number of nitrogens with zero attached hydrogens (tertiary/aromatic N) is 2. The summed E-state index contributed by atoms with van der Waals surface area (Å²) in [5.41, 5.74) is 2.61. The molecule has 0 radical (unpaired) electrons. The first-order valence-corrected chi connectivity index (χ1v) is 5.92. The molecule has 2 rings (SSSR count). The monoisotopic (exact) mass is 285 g/mol. The number of aromatic nitrogens is 2. The zero-order valence-corrected chi connectivity index (χ0v) is 11.0. The minimum absolute atomic E-state index is 0.223. The fraction of sp³-hybridized carbons (Fsp3) is 0.308. The van der Waals surface area contributed by atoms with Crippen molar-refractivity contribution < 1.29 is 17.9 Å². The Bertz CT molecular complexity index is 576. The Labute approximate surface area is 114 Å². The number of ether oxygens (including phenoxy) is 1. The number of aryl methyl sites for hydroxylation is 2. The summed E-state index contributed by atoms with van der Waals surface area (Å²) in [6.07, 6.45) is -2.82. The maximum atomic E-state index is 12.0. The van der Waals surface area contributed by atoms with Gasteiger partial charge in [0.2, 0.25) is 0 Å². The molecule has 0 fully saturated rings. The van der Waals surface area contributed by atoms with Crippen molar-refractivity contribution in [2.45, 2.75) is 19.8 Å². The van der Waals surface area contributed by atoms with Gasteiger partial charge in [0.15, 0.2) is 0 Å². The lowest BCUT2D eigenvalue weighted by Gasteiger charge is -2.09. The fourth-order valence-corrected chi connectivity index (χ4v) is 1.78. The van der Waals surface area contributed by atoms with E-state index in [1.807, 2.05) is 20.2 Å². The molecular weight excluding hydrogens is 271 g/mol. The lowest BCUT2D eigenvalue weighted by atomic mass is 10.2. The lowest BCUT2D eigenvalue weighted by Crippen LogP contribution is -2.17. The molecule has 0 atom stereocenters. The highest BCUT2D eigenvalue weighted by Crippen LogP contribution is 2.23. The number of alkyl halides is 3. The van der Waals surface area contributed by atoms with Crippen LogP contribution < -0.4 is 10.1 Å². The second-order valence-corrected chi connectivity index (χ2v) is 4.35. The third-order valence-corrected chi connectivity index (χ3v) is 2.65. The predicted molar refractivity (Wildman–Crippen MR) is 68.4 cm³/mol. The van der Waals surface area contributed by atoms with Crippen LogP contribution in [0.25, 0.3) is 0 Å². The summed E-state index contributed by atoms with van der Waals surface area (Å²) in [5, 5.41) is 7.36. The zero-order valence-electron chi connectivity index (χ0n) is 11.0. The molecule has 0 bridgehead atoms. The van der Waals surface area contributed by atoms with E-state index in [4.69, 9.17) is 0 Å². The van der Waals surface area contributed by atoms with Crippen molar-refractivity contribution in [2.75, 3.05) is 5.32 Å². The normalized spacial score (nSPS) is 11.4. The van der Waals surface area contributed by atoms with E-state index in [1.165, 1.54) is 12.1 Å². The molecule has 0 unspecified atom stereocenters. The molecule has 0 amide bonds. The average molecular weight is 285 g/mol. The van der Waals surface area contributed by atoms with Gasteiger partial charge >= 0.3 is 6.36 Å². The first kappa shape index (κ1) is 14.2. The number of nitrogens with one attached hydrogen (secondary N) is 1. The summed E-state index contributed by atoms with van der Waals surface area (Å²) in [4.78, 5) is 0. The summed E-state index contributed by atoms with van der Waals surface area (Å²) in [5.74, 6) is -0.223. The Morgan fingerprint density at radius 2 is 1.90 bits per heavy atom. The summed E-state index contributed by atoms with van der Waals surface area (Å²) in [7, 11) is 1.82. The van der Waals surface area contributed by atoms with Crippen molar-refractivity contribution in [3.8, 4) is 5.75 Å². The maximum absolute atomic E-state index is 12.0. The van der Waals surface area contributed by atoms with E-state index in [2.05, 4.69) is 15.2 Å². The second kappa shape index (κ2) is 5.44. The van der Waals surface area contributed by atoms with Gasteiger partial charge in [-0.05, 0) is 24.6 Å². The highest BCUT2D eigenvalue weighted by Gasteiger charge is 2.30. The van der Waals surface area contributed by atoms with E-state index >= 15 is 0 Å². The van der Waals surface area contributed by atoms with Crippen molar-refractivity contribution >= 4 is 5.69 Å². The number of anilines is 1. The van der Waals surface area contributed by atoms with E-state index < -0.39 is 6.36 Å². The minimum Gasteiger partial charge on any atom is -0.406 e. The van der Waals surface area contributed by atoms with E-state index in [9.17, 15) is 13.2 Å². The van der Waals surface area contributed by atoms with Crippen LogP contribution in [-0.4, -0.2) is 16.1 Å². The van der Waals surface area contributed by atoms with Crippen molar-refractivity contribution in [1.82, 2.24) is 9.78 Å². The Morgan fingerprint density at radius 1 is 1.25 bits per heavy atom. The quantitative estimate of drug-likeness (QED) is 0.937. The van der Waals surface area contributed by atoms with Gasteiger partial charge in [-0.15, -0.1) is 13.2 Å². The van der Waals surface area contributed by atoms with E-state index in [-0.39, 0.29) is 5.75 Å². The standard InChI is InChI=1S/C13H14F3N3O/c1-9-12(8-19(2)18-9)17-7-10-3-5-11(6-4-10)20-13(14,15)16/h3-6,8,17H,7H2,1-2H3. The molecule has 0 saturated carbocycles. The second-order valence-electron chi connectivity index (χ2n) is 4.35. The van der Waals surface area contributed by atoms with E-state index in [1.54, 1.807) is 16.8 Å². The Kier molecular flexibility index (Phi) is 3.87. The predicted octanol–water partition coefficient (Wildman–Crippen LogP) is 3.24. The SMILES string of the molecule is Cc1nn(C)cc1NCc1ccc(OC(F)(F)F)cc1. The zero-order chi connectivity index (χ0) is 14.8. The molecule has 1 aromatic carbocycles. The van der Waals surface area contributed by atoms with Crippen LogP contribution in [0.2, 0.25) is 0 Å². The van der Waals surface area contributed by atoms with Crippen molar-refractivity contribution in [3.05, 3.63) is 41.7 Å². The minimum atomic E-state index is -4.66. The highest BCUT2D eigenvalue weighted by atomic mass is 19.4. The molecule has 20 heavy (non-hydrogen) atoms. The smallest absolute Gasteiger partial charge is 0.406 e.